The molecule has 0 bridgehead atoms. The lowest BCUT2D eigenvalue weighted by Crippen LogP contribution is -2.15. The first kappa shape index (κ1) is 24.5. The molecule has 166 valence electrons. The van der Waals surface area contributed by atoms with E-state index in [9.17, 15) is 4.79 Å². The molecule has 0 saturated heterocycles. The third-order valence-corrected chi connectivity index (χ3v) is 7.52. The number of aromatic nitrogens is 3. The highest BCUT2D eigenvalue weighted by Crippen LogP contribution is 2.32. The molecular formula is C23H14Br4N4OS. The zero-order valence-corrected chi connectivity index (χ0v) is 23.9. The Labute approximate surface area is 228 Å². The van der Waals surface area contributed by atoms with Gasteiger partial charge in [-0.2, -0.15) is 0 Å². The van der Waals surface area contributed by atoms with E-state index in [1.807, 2.05) is 66.7 Å². The summed E-state index contributed by atoms with van der Waals surface area (Å²) in [5.41, 5.74) is 3.89. The molecule has 0 unspecified atom stereocenters. The Bertz CT molecular complexity index is 1300. The molecule has 10 heteroatoms. The van der Waals surface area contributed by atoms with E-state index in [1.165, 1.54) is 11.8 Å². The maximum atomic E-state index is 12.5. The van der Waals surface area contributed by atoms with Gasteiger partial charge in [0, 0.05) is 29.0 Å². The van der Waals surface area contributed by atoms with Crippen molar-refractivity contribution in [2.45, 2.75) is 5.16 Å². The summed E-state index contributed by atoms with van der Waals surface area (Å²) in [5.74, 6) is -0.0116. The number of rotatable bonds is 6. The zero-order chi connectivity index (χ0) is 23.4. The van der Waals surface area contributed by atoms with E-state index >= 15 is 0 Å². The SMILES string of the molecule is O=C(CSc1nnc(-c2ccc(Br)cc2)c(-c2ccc(Br)cc2)n1)Nc1cc(Br)ccc1Br. The van der Waals surface area contributed by atoms with E-state index in [-0.39, 0.29) is 11.7 Å². The minimum absolute atomic E-state index is 0.151. The van der Waals surface area contributed by atoms with Gasteiger partial charge in [-0.25, -0.2) is 4.98 Å². The molecule has 4 aromatic rings. The average Bonchev–Trinajstić information content (AvgIpc) is 2.81. The van der Waals surface area contributed by atoms with Gasteiger partial charge in [-0.1, -0.05) is 83.8 Å². The maximum absolute atomic E-state index is 12.5. The molecule has 4 rings (SSSR count). The molecule has 1 N–H and O–H groups in total. The molecule has 3 aromatic carbocycles. The van der Waals surface area contributed by atoms with Crippen molar-refractivity contribution in [3.05, 3.63) is 84.6 Å². The lowest BCUT2D eigenvalue weighted by molar-refractivity contribution is -0.113. The number of carbonyl (C=O) groups excluding carboxylic acids is 1. The molecule has 1 aromatic heterocycles. The quantitative estimate of drug-likeness (QED) is 0.205. The Morgan fingerprint density at radius 2 is 1.33 bits per heavy atom. The minimum Gasteiger partial charge on any atom is -0.324 e. The van der Waals surface area contributed by atoms with Crippen LogP contribution in [0.1, 0.15) is 0 Å². The van der Waals surface area contributed by atoms with Crippen molar-refractivity contribution in [2.24, 2.45) is 0 Å². The van der Waals surface area contributed by atoms with Gasteiger partial charge in [-0.3, -0.25) is 4.79 Å². The van der Waals surface area contributed by atoms with E-state index in [0.29, 0.717) is 22.2 Å². The Morgan fingerprint density at radius 1 is 0.758 bits per heavy atom. The summed E-state index contributed by atoms with van der Waals surface area (Å²) in [6, 6.07) is 21.3. The molecule has 0 saturated carbocycles. The lowest BCUT2D eigenvalue weighted by Gasteiger charge is -2.10. The lowest BCUT2D eigenvalue weighted by atomic mass is 10.0. The minimum atomic E-state index is -0.162. The van der Waals surface area contributed by atoms with Gasteiger partial charge < -0.3 is 5.32 Å². The third kappa shape index (κ3) is 6.51. The first-order valence-corrected chi connectivity index (χ1v) is 13.7. The van der Waals surface area contributed by atoms with Crippen molar-refractivity contribution in [1.29, 1.82) is 0 Å². The molecule has 0 radical (unpaired) electrons. The summed E-state index contributed by atoms with van der Waals surface area (Å²) in [6.45, 7) is 0. The number of thioether (sulfide) groups is 1. The van der Waals surface area contributed by atoms with Crippen LogP contribution >= 0.6 is 75.5 Å². The summed E-state index contributed by atoms with van der Waals surface area (Å²) in [6.07, 6.45) is 0. The van der Waals surface area contributed by atoms with E-state index in [4.69, 9.17) is 4.98 Å². The molecule has 1 heterocycles. The highest BCUT2D eigenvalue weighted by Gasteiger charge is 2.15. The number of halogens is 4. The van der Waals surface area contributed by atoms with Gasteiger partial charge in [0.1, 0.15) is 11.4 Å². The van der Waals surface area contributed by atoms with E-state index in [0.717, 1.165) is 29.0 Å². The summed E-state index contributed by atoms with van der Waals surface area (Å²) >= 11 is 15.0. The standard InChI is InChI=1S/C23H14Br4N4OS/c24-15-5-1-13(2-6-15)21-22(14-3-7-16(25)8-4-14)30-31-23(29-21)33-12-20(32)28-19-11-17(26)9-10-18(19)27/h1-11H,12H2,(H,28,32). The molecular weight excluding hydrogens is 700 g/mol. The van der Waals surface area contributed by atoms with Crippen LogP contribution in [0.25, 0.3) is 22.5 Å². The van der Waals surface area contributed by atoms with Crippen LogP contribution in [-0.2, 0) is 4.79 Å². The van der Waals surface area contributed by atoms with Gasteiger partial charge in [0.15, 0.2) is 0 Å². The summed E-state index contributed by atoms with van der Waals surface area (Å²) in [5, 5.41) is 12.1. The predicted octanol–water partition coefficient (Wildman–Crippen LogP) is 7.99. The smallest absolute Gasteiger partial charge is 0.234 e. The van der Waals surface area contributed by atoms with Crippen LogP contribution in [0.2, 0.25) is 0 Å². The van der Waals surface area contributed by atoms with Crippen LogP contribution in [-0.4, -0.2) is 26.8 Å². The van der Waals surface area contributed by atoms with Gasteiger partial charge in [0.2, 0.25) is 11.1 Å². The summed E-state index contributed by atoms with van der Waals surface area (Å²) in [7, 11) is 0. The fourth-order valence-corrected chi connectivity index (χ4v) is 4.72. The van der Waals surface area contributed by atoms with Crippen molar-refractivity contribution >= 4 is 87.1 Å². The molecule has 1 amide bonds. The Morgan fingerprint density at radius 3 is 1.97 bits per heavy atom. The van der Waals surface area contributed by atoms with E-state index in [1.54, 1.807) is 0 Å². The molecule has 0 aliphatic rings. The number of anilines is 1. The van der Waals surface area contributed by atoms with Crippen LogP contribution in [0.3, 0.4) is 0 Å². The zero-order valence-electron chi connectivity index (χ0n) is 16.7. The Kier molecular flexibility index (Phi) is 8.34. The van der Waals surface area contributed by atoms with Crippen molar-refractivity contribution in [2.75, 3.05) is 11.1 Å². The monoisotopic (exact) mass is 710 g/mol. The molecule has 0 aliphatic carbocycles. The number of hydrogen-bond acceptors (Lipinski definition) is 5. The van der Waals surface area contributed by atoms with E-state index in [2.05, 4.69) is 79.2 Å². The maximum Gasteiger partial charge on any atom is 0.234 e. The highest BCUT2D eigenvalue weighted by atomic mass is 79.9. The second-order valence-corrected chi connectivity index (χ2v) is 11.3. The molecule has 0 fully saturated rings. The summed E-state index contributed by atoms with van der Waals surface area (Å²) in [4.78, 5) is 17.3. The third-order valence-electron chi connectivity index (χ3n) is 4.44. The highest BCUT2D eigenvalue weighted by molar-refractivity contribution is 9.11. The van der Waals surface area contributed by atoms with Crippen LogP contribution in [0.4, 0.5) is 5.69 Å². The molecule has 33 heavy (non-hydrogen) atoms. The Balaban J connectivity index is 1.58. The predicted molar refractivity (Wildman–Crippen MR) is 147 cm³/mol. The van der Waals surface area contributed by atoms with E-state index < -0.39 is 0 Å². The molecule has 0 aliphatic heterocycles. The van der Waals surface area contributed by atoms with Crippen molar-refractivity contribution in [1.82, 2.24) is 15.2 Å². The normalized spacial score (nSPS) is 10.8. The first-order chi connectivity index (χ1) is 15.9. The number of amides is 1. The van der Waals surface area contributed by atoms with Crippen LogP contribution in [0.5, 0.6) is 0 Å². The average molecular weight is 714 g/mol. The molecule has 0 atom stereocenters. The van der Waals surface area contributed by atoms with Crippen molar-refractivity contribution in [3.8, 4) is 22.5 Å². The number of hydrogen-bond donors (Lipinski definition) is 1. The first-order valence-electron chi connectivity index (χ1n) is 9.53. The Hall–Kier alpha value is -1.59. The number of nitrogens with zero attached hydrogens (tertiary/aromatic N) is 3. The van der Waals surface area contributed by atoms with Crippen LogP contribution in [0.15, 0.2) is 89.8 Å². The van der Waals surface area contributed by atoms with Gasteiger partial charge in [0.05, 0.1) is 11.4 Å². The summed E-state index contributed by atoms with van der Waals surface area (Å²) < 4.78 is 3.64. The number of nitrogens with one attached hydrogen (secondary N) is 1. The fourth-order valence-electron chi connectivity index (χ4n) is 2.89. The largest absolute Gasteiger partial charge is 0.324 e. The van der Waals surface area contributed by atoms with Gasteiger partial charge in [0.25, 0.3) is 0 Å². The van der Waals surface area contributed by atoms with Gasteiger partial charge in [-0.15, -0.1) is 10.2 Å². The van der Waals surface area contributed by atoms with Crippen molar-refractivity contribution in [3.63, 3.8) is 0 Å². The van der Waals surface area contributed by atoms with Gasteiger partial charge >= 0.3 is 0 Å². The molecule has 0 spiro atoms. The fraction of sp³-hybridized carbons (Fsp3) is 0.0435. The second-order valence-electron chi connectivity index (χ2n) is 6.77. The topological polar surface area (TPSA) is 67.8 Å². The number of benzene rings is 3. The molecule has 5 nitrogen and oxygen atoms in total. The van der Waals surface area contributed by atoms with Crippen LogP contribution < -0.4 is 5.32 Å². The van der Waals surface area contributed by atoms with Crippen molar-refractivity contribution < 1.29 is 4.79 Å². The number of carbonyl (C=O) groups is 1. The second kappa shape index (κ2) is 11.2. The van der Waals surface area contributed by atoms with Crippen LogP contribution in [0, 0.1) is 0 Å². The van der Waals surface area contributed by atoms with Gasteiger partial charge in [-0.05, 0) is 58.4 Å².